The van der Waals surface area contributed by atoms with Gasteiger partial charge in [0.2, 0.25) is 10.0 Å². The van der Waals surface area contributed by atoms with Gasteiger partial charge in [-0.15, -0.1) is 0 Å². The summed E-state index contributed by atoms with van der Waals surface area (Å²) in [5, 5.41) is 12.3. The van der Waals surface area contributed by atoms with E-state index in [-0.39, 0.29) is 35.2 Å². The number of carboxylic acids is 1. The van der Waals surface area contributed by atoms with E-state index in [9.17, 15) is 13.2 Å². The fourth-order valence-electron chi connectivity index (χ4n) is 1.77. The molecule has 19 heavy (non-hydrogen) atoms. The van der Waals surface area contributed by atoms with Crippen molar-refractivity contribution in [1.82, 2.24) is 9.88 Å². The third kappa shape index (κ3) is 4.03. The molecule has 1 atom stereocenters. The van der Waals surface area contributed by atoms with Crippen LogP contribution >= 0.6 is 0 Å². The van der Waals surface area contributed by atoms with Gasteiger partial charge in [0.05, 0.1) is 0 Å². The Morgan fingerprint density at radius 3 is 2.53 bits per heavy atom. The highest BCUT2D eigenvalue weighted by atomic mass is 32.2. The van der Waals surface area contributed by atoms with Crippen molar-refractivity contribution < 1.29 is 22.8 Å². The fraction of sp³-hybridized carbons (Fsp3) is 0.636. The van der Waals surface area contributed by atoms with Crippen LogP contribution in [0.5, 0.6) is 0 Å². The zero-order chi connectivity index (χ0) is 14.6. The van der Waals surface area contributed by atoms with Gasteiger partial charge in [0.1, 0.15) is 10.6 Å². The molecule has 0 fully saturated rings. The van der Waals surface area contributed by atoms with Crippen LogP contribution in [0.2, 0.25) is 0 Å². The summed E-state index contributed by atoms with van der Waals surface area (Å²) in [7, 11) is -3.72. The van der Waals surface area contributed by atoms with Crippen molar-refractivity contribution in [1.29, 1.82) is 0 Å². The standard InChI is InChI=1S/C11H18N2O5S/c1-4-9(5-10(14)15)6-12-19(16,17)11-7(2)13-18-8(11)3/h9,12H,4-6H2,1-3H3,(H,14,15). The van der Waals surface area contributed by atoms with Gasteiger partial charge >= 0.3 is 5.97 Å². The van der Waals surface area contributed by atoms with Gasteiger partial charge in [-0.2, -0.15) is 0 Å². The van der Waals surface area contributed by atoms with E-state index in [1.54, 1.807) is 6.92 Å². The number of aliphatic carboxylic acids is 1. The molecule has 2 N–H and O–H groups in total. The third-order valence-electron chi connectivity index (χ3n) is 2.84. The Kier molecular flexibility index (Phi) is 5.07. The number of nitrogens with one attached hydrogen (secondary N) is 1. The molecule has 1 rings (SSSR count). The maximum Gasteiger partial charge on any atom is 0.303 e. The second-order valence-electron chi connectivity index (χ2n) is 4.38. The quantitative estimate of drug-likeness (QED) is 0.777. The minimum atomic E-state index is -3.72. The smallest absolute Gasteiger partial charge is 0.303 e. The first-order chi connectivity index (χ1) is 8.77. The molecule has 0 aromatic carbocycles. The Balaban J connectivity index is 2.78. The van der Waals surface area contributed by atoms with Crippen LogP contribution in [0.4, 0.5) is 0 Å². The van der Waals surface area contributed by atoms with E-state index in [4.69, 9.17) is 9.63 Å². The monoisotopic (exact) mass is 290 g/mol. The normalized spacial score (nSPS) is 13.4. The molecule has 0 aliphatic carbocycles. The van der Waals surface area contributed by atoms with Gasteiger partial charge in [0, 0.05) is 13.0 Å². The molecular formula is C11H18N2O5S. The lowest BCUT2D eigenvalue weighted by Crippen LogP contribution is -2.30. The molecule has 0 aliphatic rings. The van der Waals surface area contributed by atoms with Gasteiger partial charge in [-0.05, 0) is 19.8 Å². The molecule has 0 spiro atoms. The molecule has 1 heterocycles. The Bertz CT molecular complexity index is 530. The van der Waals surface area contributed by atoms with Crippen LogP contribution in [-0.2, 0) is 14.8 Å². The van der Waals surface area contributed by atoms with E-state index in [0.717, 1.165) is 0 Å². The molecule has 0 saturated heterocycles. The summed E-state index contributed by atoms with van der Waals surface area (Å²) >= 11 is 0. The second kappa shape index (κ2) is 6.16. The molecular weight excluding hydrogens is 272 g/mol. The summed E-state index contributed by atoms with van der Waals surface area (Å²) in [5.74, 6) is -0.965. The summed E-state index contributed by atoms with van der Waals surface area (Å²) in [4.78, 5) is 10.7. The van der Waals surface area contributed by atoms with E-state index in [0.29, 0.717) is 6.42 Å². The molecule has 0 amide bonds. The van der Waals surface area contributed by atoms with Crippen molar-refractivity contribution in [3.63, 3.8) is 0 Å². The third-order valence-corrected chi connectivity index (χ3v) is 4.51. The highest BCUT2D eigenvalue weighted by Crippen LogP contribution is 2.19. The number of sulfonamides is 1. The van der Waals surface area contributed by atoms with E-state index in [1.807, 2.05) is 6.92 Å². The van der Waals surface area contributed by atoms with Gasteiger partial charge in [-0.3, -0.25) is 4.79 Å². The molecule has 0 radical (unpaired) electrons. The van der Waals surface area contributed by atoms with Gasteiger partial charge < -0.3 is 9.63 Å². The van der Waals surface area contributed by atoms with E-state index in [2.05, 4.69) is 9.88 Å². The molecule has 108 valence electrons. The maximum absolute atomic E-state index is 12.1. The van der Waals surface area contributed by atoms with Crippen LogP contribution in [-0.4, -0.2) is 31.2 Å². The number of aryl methyl sites for hydroxylation is 2. The first-order valence-electron chi connectivity index (χ1n) is 5.92. The van der Waals surface area contributed by atoms with Crippen molar-refractivity contribution in [2.45, 2.75) is 38.5 Å². The minimum absolute atomic E-state index is 0.0256. The first kappa shape index (κ1) is 15.6. The summed E-state index contributed by atoms with van der Waals surface area (Å²) in [6, 6.07) is 0. The predicted molar refractivity (Wildman–Crippen MR) is 67.2 cm³/mol. The van der Waals surface area contributed by atoms with E-state index >= 15 is 0 Å². The Labute approximate surface area is 112 Å². The molecule has 1 aromatic heterocycles. The van der Waals surface area contributed by atoms with Crippen LogP contribution < -0.4 is 4.72 Å². The van der Waals surface area contributed by atoms with Crippen molar-refractivity contribution >= 4 is 16.0 Å². The Hall–Kier alpha value is -1.41. The number of nitrogens with zero attached hydrogens (tertiary/aromatic N) is 1. The lowest BCUT2D eigenvalue weighted by molar-refractivity contribution is -0.138. The fourth-order valence-corrected chi connectivity index (χ4v) is 3.21. The van der Waals surface area contributed by atoms with E-state index < -0.39 is 16.0 Å². The molecule has 0 bridgehead atoms. The number of rotatable bonds is 7. The van der Waals surface area contributed by atoms with Gasteiger partial charge in [0.15, 0.2) is 5.76 Å². The number of aromatic nitrogens is 1. The SMILES string of the molecule is CCC(CNS(=O)(=O)c1c(C)noc1C)CC(=O)O. The second-order valence-corrected chi connectivity index (χ2v) is 6.08. The molecule has 7 nitrogen and oxygen atoms in total. The van der Waals surface area contributed by atoms with Crippen molar-refractivity contribution in [3.05, 3.63) is 11.5 Å². The molecule has 0 saturated carbocycles. The Morgan fingerprint density at radius 1 is 1.47 bits per heavy atom. The molecule has 1 unspecified atom stereocenters. The zero-order valence-electron chi connectivity index (χ0n) is 11.1. The van der Waals surface area contributed by atoms with Crippen LogP contribution in [0.25, 0.3) is 0 Å². The molecule has 0 aliphatic heterocycles. The predicted octanol–water partition coefficient (Wildman–Crippen LogP) is 1.07. The topological polar surface area (TPSA) is 110 Å². The van der Waals surface area contributed by atoms with Crippen LogP contribution in [0.3, 0.4) is 0 Å². The molecule has 8 heteroatoms. The highest BCUT2D eigenvalue weighted by Gasteiger charge is 2.25. The Morgan fingerprint density at radius 2 is 2.11 bits per heavy atom. The van der Waals surface area contributed by atoms with Gasteiger partial charge in [-0.25, -0.2) is 13.1 Å². The lowest BCUT2D eigenvalue weighted by Gasteiger charge is -2.13. The summed E-state index contributed by atoms with van der Waals surface area (Å²) in [6.45, 7) is 4.95. The minimum Gasteiger partial charge on any atom is -0.481 e. The maximum atomic E-state index is 12.1. The van der Waals surface area contributed by atoms with Crippen LogP contribution in [0.1, 0.15) is 31.2 Å². The summed E-state index contributed by atoms with van der Waals surface area (Å²) in [6.07, 6.45) is 0.511. The first-order valence-corrected chi connectivity index (χ1v) is 7.40. The van der Waals surface area contributed by atoms with E-state index in [1.165, 1.54) is 6.92 Å². The average Bonchev–Trinajstić information content (AvgIpc) is 2.64. The average molecular weight is 290 g/mol. The summed E-state index contributed by atoms with van der Waals surface area (Å²) in [5.41, 5.74) is 0.288. The number of carbonyl (C=O) groups is 1. The number of hydrogen-bond donors (Lipinski definition) is 2. The molecule has 1 aromatic rings. The number of carboxylic acid groups (broad SMARTS) is 1. The highest BCUT2D eigenvalue weighted by molar-refractivity contribution is 7.89. The number of hydrogen-bond acceptors (Lipinski definition) is 5. The van der Waals surface area contributed by atoms with Crippen LogP contribution in [0, 0.1) is 19.8 Å². The zero-order valence-corrected chi connectivity index (χ0v) is 12.0. The largest absolute Gasteiger partial charge is 0.481 e. The van der Waals surface area contributed by atoms with Crippen molar-refractivity contribution in [2.75, 3.05) is 6.54 Å². The summed E-state index contributed by atoms with van der Waals surface area (Å²) < 4.78 is 31.4. The van der Waals surface area contributed by atoms with Gasteiger partial charge in [0.25, 0.3) is 0 Å². The lowest BCUT2D eigenvalue weighted by atomic mass is 10.0. The van der Waals surface area contributed by atoms with Gasteiger partial charge in [-0.1, -0.05) is 18.5 Å². The van der Waals surface area contributed by atoms with Crippen molar-refractivity contribution in [2.24, 2.45) is 5.92 Å². The van der Waals surface area contributed by atoms with Crippen LogP contribution in [0.15, 0.2) is 9.42 Å². The van der Waals surface area contributed by atoms with Crippen molar-refractivity contribution in [3.8, 4) is 0 Å².